The summed E-state index contributed by atoms with van der Waals surface area (Å²) in [5, 5.41) is 11.7. The molecule has 0 bridgehead atoms. The first kappa shape index (κ1) is 11.8. The molecule has 0 spiro atoms. The number of aromatic nitrogens is 1. The number of rotatable bonds is 5. The van der Waals surface area contributed by atoms with E-state index in [9.17, 15) is 0 Å². The summed E-state index contributed by atoms with van der Waals surface area (Å²) in [5.41, 5.74) is 2.18. The molecule has 0 unspecified atom stereocenters. The highest BCUT2D eigenvalue weighted by Gasteiger charge is 2.07. The Morgan fingerprint density at radius 1 is 1.53 bits per heavy atom. The molecule has 15 heavy (non-hydrogen) atoms. The smallest absolute Gasteiger partial charge is 0.215 e. The van der Waals surface area contributed by atoms with Gasteiger partial charge in [0.25, 0.3) is 0 Å². The van der Waals surface area contributed by atoms with E-state index in [1.165, 1.54) is 0 Å². The monoisotopic (exact) mass is 210 g/mol. The molecule has 4 heteroatoms. The largest absolute Gasteiger partial charge is 0.475 e. The van der Waals surface area contributed by atoms with Gasteiger partial charge in [-0.25, -0.2) is 4.98 Å². The number of hydrogen-bond donors (Lipinski definition) is 2. The second-order valence-corrected chi connectivity index (χ2v) is 3.59. The van der Waals surface area contributed by atoms with Crippen molar-refractivity contribution < 1.29 is 9.84 Å². The van der Waals surface area contributed by atoms with Gasteiger partial charge in [-0.1, -0.05) is 13.8 Å². The fourth-order valence-corrected chi connectivity index (χ4v) is 1.35. The highest BCUT2D eigenvalue weighted by atomic mass is 16.5. The molecule has 1 aromatic rings. The van der Waals surface area contributed by atoms with E-state index in [0.29, 0.717) is 11.8 Å². The summed E-state index contributed by atoms with van der Waals surface area (Å²) in [6.07, 6.45) is 1.81. The van der Waals surface area contributed by atoms with Crippen molar-refractivity contribution in [1.29, 1.82) is 0 Å². The average molecular weight is 210 g/mol. The Morgan fingerprint density at radius 3 is 2.80 bits per heavy atom. The summed E-state index contributed by atoms with van der Waals surface area (Å²) in [6, 6.07) is 1.85. The number of pyridine rings is 1. The summed E-state index contributed by atoms with van der Waals surface area (Å²) in [5.74, 6) is 0.963. The molecule has 0 saturated carbocycles. The highest BCUT2D eigenvalue weighted by Crippen LogP contribution is 2.25. The van der Waals surface area contributed by atoms with Gasteiger partial charge in [0.1, 0.15) is 6.61 Å². The SMILES string of the molecule is CNc1cc(OCCO)ncc1C(C)C. The Kier molecular flexibility index (Phi) is 4.37. The van der Waals surface area contributed by atoms with Crippen LogP contribution in [-0.2, 0) is 0 Å². The highest BCUT2D eigenvalue weighted by molar-refractivity contribution is 5.53. The zero-order valence-corrected chi connectivity index (χ0v) is 9.45. The van der Waals surface area contributed by atoms with Crippen molar-refractivity contribution in [3.05, 3.63) is 17.8 Å². The zero-order valence-electron chi connectivity index (χ0n) is 9.45. The molecule has 0 aliphatic rings. The van der Waals surface area contributed by atoms with Gasteiger partial charge in [0, 0.05) is 25.0 Å². The Bertz CT molecular complexity index is 313. The van der Waals surface area contributed by atoms with E-state index in [1.807, 2.05) is 19.3 Å². The van der Waals surface area contributed by atoms with Crippen molar-refractivity contribution in [3.8, 4) is 5.88 Å². The van der Waals surface area contributed by atoms with Gasteiger partial charge in [-0.3, -0.25) is 0 Å². The standard InChI is InChI=1S/C11H18N2O2/c1-8(2)9-7-13-11(15-5-4-14)6-10(9)12-3/h6-8,14H,4-5H2,1-3H3,(H,12,13). The van der Waals surface area contributed by atoms with Crippen molar-refractivity contribution in [2.24, 2.45) is 0 Å². The first-order valence-electron chi connectivity index (χ1n) is 5.10. The molecule has 1 heterocycles. The predicted molar refractivity (Wildman–Crippen MR) is 60.5 cm³/mol. The third-order valence-corrected chi connectivity index (χ3v) is 2.14. The molecule has 84 valence electrons. The molecule has 1 rings (SSSR count). The fourth-order valence-electron chi connectivity index (χ4n) is 1.35. The van der Waals surface area contributed by atoms with E-state index in [1.54, 1.807) is 0 Å². The van der Waals surface area contributed by atoms with Crippen LogP contribution < -0.4 is 10.1 Å². The topological polar surface area (TPSA) is 54.4 Å². The van der Waals surface area contributed by atoms with Gasteiger partial charge in [-0.05, 0) is 11.5 Å². The lowest BCUT2D eigenvalue weighted by atomic mass is 10.0. The van der Waals surface area contributed by atoms with Crippen molar-refractivity contribution in [2.45, 2.75) is 19.8 Å². The average Bonchev–Trinajstić information content (AvgIpc) is 2.25. The van der Waals surface area contributed by atoms with Gasteiger partial charge in [0.15, 0.2) is 0 Å². The van der Waals surface area contributed by atoms with E-state index >= 15 is 0 Å². The summed E-state index contributed by atoms with van der Waals surface area (Å²) in [7, 11) is 1.87. The minimum Gasteiger partial charge on any atom is -0.475 e. The molecule has 0 saturated heterocycles. The minimum absolute atomic E-state index is 0.00248. The Morgan fingerprint density at radius 2 is 2.27 bits per heavy atom. The molecule has 1 aromatic heterocycles. The molecule has 0 aliphatic carbocycles. The first-order chi connectivity index (χ1) is 7.19. The lowest BCUT2D eigenvalue weighted by molar-refractivity contribution is 0.196. The van der Waals surface area contributed by atoms with Crippen molar-refractivity contribution in [1.82, 2.24) is 4.98 Å². The van der Waals surface area contributed by atoms with E-state index in [4.69, 9.17) is 9.84 Å². The van der Waals surface area contributed by atoms with E-state index in [2.05, 4.69) is 24.1 Å². The lowest BCUT2D eigenvalue weighted by Crippen LogP contribution is -2.05. The summed E-state index contributed by atoms with van der Waals surface area (Å²) in [6.45, 7) is 4.51. The number of aliphatic hydroxyl groups is 1. The Labute approximate surface area is 90.3 Å². The maximum Gasteiger partial charge on any atom is 0.215 e. The van der Waals surface area contributed by atoms with Gasteiger partial charge < -0.3 is 15.2 Å². The lowest BCUT2D eigenvalue weighted by Gasteiger charge is -2.13. The molecule has 0 aromatic carbocycles. The van der Waals surface area contributed by atoms with Crippen LogP contribution in [0.15, 0.2) is 12.3 Å². The molecule has 4 nitrogen and oxygen atoms in total. The molecular formula is C11H18N2O2. The van der Waals surface area contributed by atoms with Crippen LogP contribution in [0.3, 0.4) is 0 Å². The maximum absolute atomic E-state index is 8.63. The van der Waals surface area contributed by atoms with E-state index < -0.39 is 0 Å². The van der Waals surface area contributed by atoms with Gasteiger partial charge >= 0.3 is 0 Å². The molecule has 0 amide bonds. The zero-order chi connectivity index (χ0) is 11.3. The van der Waals surface area contributed by atoms with Crippen LogP contribution in [0.2, 0.25) is 0 Å². The second-order valence-electron chi connectivity index (χ2n) is 3.59. The van der Waals surface area contributed by atoms with Gasteiger partial charge in [-0.15, -0.1) is 0 Å². The number of hydrogen-bond acceptors (Lipinski definition) is 4. The van der Waals surface area contributed by atoms with Crippen LogP contribution in [-0.4, -0.2) is 30.4 Å². The normalized spacial score (nSPS) is 10.5. The predicted octanol–water partition coefficient (Wildman–Crippen LogP) is 1.62. The van der Waals surface area contributed by atoms with E-state index in [0.717, 1.165) is 11.3 Å². The van der Waals surface area contributed by atoms with Crippen LogP contribution in [0.5, 0.6) is 5.88 Å². The molecular weight excluding hydrogens is 192 g/mol. The molecule has 0 radical (unpaired) electrons. The van der Waals surface area contributed by atoms with Crippen LogP contribution in [0.1, 0.15) is 25.3 Å². The number of aliphatic hydroxyl groups excluding tert-OH is 1. The summed E-state index contributed by atoms with van der Waals surface area (Å²) < 4.78 is 5.23. The van der Waals surface area contributed by atoms with Crippen molar-refractivity contribution in [2.75, 3.05) is 25.6 Å². The number of nitrogens with zero attached hydrogens (tertiary/aromatic N) is 1. The van der Waals surface area contributed by atoms with Crippen LogP contribution in [0.4, 0.5) is 5.69 Å². The quantitative estimate of drug-likeness (QED) is 0.775. The molecule has 0 aliphatic heterocycles. The number of nitrogens with one attached hydrogen (secondary N) is 1. The van der Waals surface area contributed by atoms with Crippen LogP contribution in [0, 0.1) is 0 Å². The summed E-state index contributed by atoms with van der Waals surface area (Å²) >= 11 is 0. The molecule has 0 atom stereocenters. The first-order valence-corrected chi connectivity index (χ1v) is 5.10. The number of ether oxygens (including phenoxy) is 1. The maximum atomic E-state index is 8.63. The summed E-state index contributed by atoms with van der Waals surface area (Å²) in [4.78, 5) is 4.17. The van der Waals surface area contributed by atoms with Crippen molar-refractivity contribution in [3.63, 3.8) is 0 Å². The second kappa shape index (κ2) is 5.56. The molecule has 2 N–H and O–H groups in total. The molecule has 0 fully saturated rings. The van der Waals surface area contributed by atoms with Gasteiger partial charge in [-0.2, -0.15) is 0 Å². The van der Waals surface area contributed by atoms with Crippen LogP contribution >= 0.6 is 0 Å². The third kappa shape index (κ3) is 3.09. The fraction of sp³-hybridized carbons (Fsp3) is 0.545. The van der Waals surface area contributed by atoms with Gasteiger partial charge in [0.2, 0.25) is 5.88 Å². The van der Waals surface area contributed by atoms with Gasteiger partial charge in [0.05, 0.1) is 6.61 Å². The third-order valence-electron chi connectivity index (χ3n) is 2.14. The van der Waals surface area contributed by atoms with Crippen molar-refractivity contribution >= 4 is 5.69 Å². The van der Waals surface area contributed by atoms with E-state index in [-0.39, 0.29) is 13.2 Å². The Hall–Kier alpha value is -1.29. The number of anilines is 1. The Balaban J connectivity index is 2.87. The van der Waals surface area contributed by atoms with Crippen LogP contribution in [0.25, 0.3) is 0 Å². The minimum atomic E-state index is 0.00248.